The van der Waals surface area contributed by atoms with Crippen LogP contribution in [0.5, 0.6) is 0 Å². The summed E-state index contributed by atoms with van der Waals surface area (Å²) in [6.07, 6.45) is -1.92. The fourth-order valence-corrected chi connectivity index (χ4v) is 3.67. The van der Waals surface area contributed by atoms with Gasteiger partial charge in [0, 0.05) is 19.4 Å². The minimum Gasteiger partial charge on any atom is -0.299 e. The molecule has 0 aliphatic carbocycles. The Labute approximate surface area is 158 Å². The lowest BCUT2D eigenvalue weighted by atomic mass is 9.89. The van der Waals surface area contributed by atoms with Crippen LogP contribution in [0.1, 0.15) is 36.0 Å². The summed E-state index contributed by atoms with van der Waals surface area (Å²) in [6.45, 7) is 2.83. The number of hydrogen-bond donors (Lipinski definition) is 0. The van der Waals surface area contributed by atoms with Crippen LogP contribution >= 0.6 is 0 Å². The molecule has 0 N–H and O–H groups in total. The first kappa shape index (κ1) is 19.6. The molecule has 5 heteroatoms. The van der Waals surface area contributed by atoms with E-state index in [0.29, 0.717) is 17.9 Å². The van der Waals surface area contributed by atoms with E-state index in [0.717, 1.165) is 44.6 Å². The topological polar surface area (TPSA) is 20.3 Å². The van der Waals surface area contributed by atoms with Crippen LogP contribution < -0.4 is 0 Å². The largest absolute Gasteiger partial charge is 0.416 e. The second-order valence-electron chi connectivity index (χ2n) is 7.32. The van der Waals surface area contributed by atoms with E-state index in [2.05, 4.69) is 17.0 Å². The molecule has 2 nitrogen and oxygen atoms in total. The third kappa shape index (κ3) is 5.93. The van der Waals surface area contributed by atoms with Gasteiger partial charge in [0.05, 0.1) is 5.56 Å². The molecule has 0 atom stereocenters. The van der Waals surface area contributed by atoms with Gasteiger partial charge in [0.15, 0.2) is 0 Å². The van der Waals surface area contributed by atoms with Crippen LogP contribution in [0.15, 0.2) is 54.6 Å². The first-order valence-electron chi connectivity index (χ1n) is 9.34. The Morgan fingerprint density at radius 2 is 1.63 bits per heavy atom. The summed E-state index contributed by atoms with van der Waals surface area (Å²) in [6, 6.07) is 15.4. The van der Waals surface area contributed by atoms with Crippen molar-refractivity contribution in [3.8, 4) is 0 Å². The van der Waals surface area contributed by atoms with Crippen LogP contribution in [0, 0.1) is 5.92 Å². The van der Waals surface area contributed by atoms with Gasteiger partial charge in [-0.05, 0) is 49.0 Å². The maximum absolute atomic E-state index is 12.8. The van der Waals surface area contributed by atoms with Gasteiger partial charge in [-0.2, -0.15) is 13.2 Å². The number of benzene rings is 2. The fraction of sp³-hybridized carbons (Fsp3) is 0.409. The van der Waals surface area contributed by atoms with Crippen molar-refractivity contribution < 1.29 is 18.0 Å². The molecule has 2 aromatic rings. The summed E-state index contributed by atoms with van der Waals surface area (Å²) in [5, 5.41) is 0. The number of nitrogens with zero attached hydrogens (tertiary/aromatic N) is 1. The third-order valence-electron chi connectivity index (χ3n) is 5.13. The number of carbonyl (C=O) groups is 1. The quantitative estimate of drug-likeness (QED) is 0.698. The molecule has 1 fully saturated rings. The monoisotopic (exact) mass is 375 g/mol. The highest BCUT2D eigenvalue weighted by atomic mass is 19.4. The van der Waals surface area contributed by atoms with Gasteiger partial charge in [0.25, 0.3) is 0 Å². The van der Waals surface area contributed by atoms with Crippen LogP contribution in [0.3, 0.4) is 0 Å². The number of ketones is 1. The van der Waals surface area contributed by atoms with E-state index >= 15 is 0 Å². The number of rotatable bonds is 6. The predicted molar refractivity (Wildman–Crippen MR) is 99.2 cm³/mol. The molecule has 1 aliphatic heterocycles. The average molecular weight is 375 g/mol. The third-order valence-corrected chi connectivity index (χ3v) is 5.13. The van der Waals surface area contributed by atoms with Gasteiger partial charge in [0.2, 0.25) is 0 Å². The summed E-state index contributed by atoms with van der Waals surface area (Å²) in [4.78, 5) is 14.7. The molecule has 0 amide bonds. The van der Waals surface area contributed by atoms with E-state index in [1.165, 1.54) is 11.6 Å². The Morgan fingerprint density at radius 3 is 2.30 bits per heavy atom. The highest BCUT2D eigenvalue weighted by molar-refractivity contribution is 5.81. The van der Waals surface area contributed by atoms with Gasteiger partial charge in [-0.25, -0.2) is 0 Å². The minimum absolute atomic E-state index is 0.0239. The highest BCUT2D eigenvalue weighted by Crippen LogP contribution is 2.30. The summed E-state index contributed by atoms with van der Waals surface area (Å²) in [7, 11) is 0. The molecule has 2 aromatic carbocycles. The van der Waals surface area contributed by atoms with Crippen LogP contribution in [-0.4, -0.2) is 23.8 Å². The molecular weight excluding hydrogens is 351 g/mol. The summed E-state index contributed by atoms with van der Waals surface area (Å²) in [5.41, 5.74) is 1.04. The van der Waals surface area contributed by atoms with Gasteiger partial charge in [0.1, 0.15) is 5.78 Å². The van der Waals surface area contributed by atoms with E-state index < -0.39 is 11.7 Å². The Hall–Kier alpha value is -2.14. The van der Waals surface area contributed by atoms with Crippen molar-refractivity contribution in [2.24, 2.45) is 5.92 Å². The molecule has 1 saturated heterocycles. The zero-order chi connectivity index (χ0) is 19.3. The fourth-order valence-electron chi connectivity index (χ4n) is 3.67. The number of Topliss-reactive ketones (excluding diaryl/α,β-unsaturated/α-hetero) is 1. The Kier molecular flexibility index (Phi) is 6.32. The second kappa shape index (κ2) is 8.70. The predicted octanol–water partition coefficient (Wildman–Crippen LogP) is 5.12. The van der Waals surface area contributed by atoms with Gasteiger partial charge in [-0.3, -0.25) is 9.69 Å². The van der Waals surface area contributed by atoms with Crippen molar-refractivity contribution in [1.29, 1.82) is 0 Å². The maximum atomic E-state index is 12.8. The van der Waals surface area contributed by atoms with Gasteiger partial charge in [-0.1, -0.05) is 48.5 Å². The Bertz CT molecular complexity index is 750. The van der Waals surface area contributed by atoms with Gasteiger partial charge in [-0.15, -0.1) is 0 Å². The summed E-state index contributed by atoms with van der Waals surface area (Å²) in [5.74, 6) is 0.353. The first-order chi connectivity index (χ1) is 12.9. The van der Waals surface area contributed by atoms with Crippen molar-refractivity contribution in [2.45, 2.75) is 38.4 Å². The van der Waals surface area contributed by atoms with Crippen molar-refractivity contribution in [2.75, 3.05) is 13.1 Å². The Balaban J connectivity index is 1.46. The Morgan fingerprint density at radius 1 is 0.963 bits per heavy atom. The van der Waals surface area contributed by atoms with Crippen LogP contribution in [0.2, 0.25) is 0 Å². The first-order valence-corrected chi connectivity index (χ1v) is 9.34. The lowest BCUT2D eigenvalue weighted by Crippen LogP contribution is -2.34. The van der Waals surface area contributed by atoms with Crippen molar-refractivity contribution >= 4 is 5.78 Å². The van der Waals surface area contributed by atoms with Crippen LogP contribution in [-0.2, 0) is 23.9 Å². The second-order valence-corrected chi connectivity index (χ2v) is 7.32. The number of likely N-dealkylation sites (tertiary alicyclic amines) is 1. The molecule has 3 rings (SSSR count). The molecule has 0 spiro atoms. The maximum Gasteiger partial charge on any atom is 0.416 e. The smallest absolute Gasteiger partial charge is 0.299 e. The van der Waals surface area contributed by atoms with Gasteiger partial charge >= 0.3 is 6.18 Å². The zero-order valence-electron chi connectivity index (χ0n) is 15.2. The van der Waals surface area contributed by atoms with E-state index in [-0.39, 0.29) is 12.2 Å². The van der Waals surface area contributed by atoms with E-state index in [1.807, 2.05) is 18.2 Å². The molecule has 27 heavy (non-hydrogen) atoms. The molecule has 144 valence electrons. The number of hydrogen-bond acceptors (Lipinski definition) is 2. The SMILES string of the molecule is O=C(Cc1cccc(C(F)(F)F)c1)CC1CCN(Cc2ccccc2)CC1. The van der Waals surface area contributed by atoms with E-state index in [4.69, 9.17) is 0 Å². The van der Waals surface area contributed by atoms with Crippen molar-refractivity contribution in [3.05, 3.63) is 71.3 Å². The van der Waals surface area contributed by atoms with Crippen LogP contribution in [0.4, 0.5) is 13.2 Å². The minimum atomic E-state index is -4.37. The zero-order valence-corrected chi connectivity index (χ0v) is 15.2. The van der Waals surface area contributed by atoms with Crippen molar-refractivity contribution in [1.82, 2.24) is 4.90 Å². The van der Waals surface area contributed by atoms with Gasteiger partial charge < -0.3 is 0 Å². The lowest BCUT2D eigenvalue weighted by molar-refractivity contribution is -0.137. The number of piperidine rings is 1. The van der Waals surface area contributed by atoms with Crippen molar-refractivity contribution in [3.63, 3.8) is 0 Å². The summed E-state index contributed by atoms with van der Waals surface area (Å²) >= 11 is 0. The number of alkyl halides is 3. The molecule has 1 aliphatic rings. The lowest BCUT2D eigenvalue weighted by Gasteiger charge is -2.31. The molecule has 1 heterocycles. The molecule has 0 unspecified atom stereocenters. The molecule has 0 saturated carbocycles. The van der Waals surface area contributed by atoms with E-state index in [9.17, 15) is 18.0 Å². The summed E-state index contributed by atoms with van der Waals surface area (Å²) < 4.78 is 38.3. The standard InChI is InChI=1S/C22H24F3NO/c23-22(24,25)20-8-4-7-19(13-20)15-21(27)14-17-9-11-26(12-10-17)16-18-5-2-1-3-6-18/h1-8,13,17H,9-12,14-16H2. The number of carbonyl (C=O) groups excluding carboxylic acids is 1. The van der Waals surface area contributed by atoms with E-state index in [1.54, 1.807) is 6.07 Å². The number of halogens is 3. The van der Waals surface area contributed by atoms with Crippen LogP contribution in [0.25, 0.3) is 0 Å². The molecular formula is C22H24F3NO. The molecule has 0 bridgehead atoms. The normalized spacial score (nSPS) is 16.4. The molecule has 0 radical (unpaired) electrons. The molecule has 0 aromatic heterocycles. The highest BCUT2D eigenvalue weighted by Gasteiger charge is 2.30. The average Bonchev–Trinajstić information content (AvgIpc) is 2.64.